The number of benzene rings is 2. The number of halogens is 1. The number of likely N-dealkylation sites (tertiary alicyclic amines) is 2. The summed E-state index contributed by atoms with van der Waals surface area (Å²) < 4.78 is 15.2. The number of nitrogens with zero attached hydrogens (tertiary/aromatic N) is 4. The normalized spacial score (nSPS) is 21.5. The Balaban J connectivity index is 1.13. The molecular formula is C31H34FN5O3. The maximum absolute atomic E-state index is 13.9. The zero-order valence-corrected chi connectivity index (χ0v) is 22.4. The first kappa shape index (κ1) is 26.4. The summed E-state index contributed by atoms with van der Waals surface area (Å²) in [6.07, 6.45) is 4.65. The van der Waals surface area contributed by atoms with E-state index in [0.717, 1.165) is 17.7 Å². The van der Waals surface area contributed by atoms with E-state index >= 15 is 0 Å². The van der Waals surface area contributed by atoms with Gasteiger partial charge in [0.05, 0.1) is 23.9 Å². The Labute approximate surface area is 232 Å². The van der Waals surface area contributed by atoms with Crippen LogP contribution in [-0.2, 0) is 17.9 Å². The molecule has 2 atom stereocenters. The van der Waals surface area contributed by atoms with Crippen LogP contribution in [0.25, 0.3) is 11.0 Å². The van der Waals surface area contributed by atoms with Crippen molar-refractivity contribution >= 4 is 16.9 Å². The Morgan fingerprint density at radius 1 is 1.07 bits per heavy atom. The molecule has 4 aromatic rings. The highest BCUT2D eigenvalue weighted by Gasteiger charge is 2.40. The molecule has 2 unspecified atom stereocenters. The molecule has 8 nitrogen and oxygen atoms in total. The molecule has 1 amide bonds. The van der Waals surface area contributed by atoms with E-state index in [1.54, 1.807) is 24.4 Å². The summed E-state index contributed by atoms with van der Waals surface area (Å²) in [5.74, 6) is -0.262. The molecule has 2 aromatic carbocycles. The summed E-state index contributed by atoms with van der Waals surface area (Å²) in [6, 6.07) is 18.5. The molecule has 2 N–H and O–H groups in total. The van der Waals surface area contributed by atoms with Gasteiger partial charge < -0.3 is 15.0 Å². The smallest absolute Gasteiger partial charge is 0.262 e. The third-order valence-electron chi connectivity index (χ3n) is 8.55. The van der Waals surface area contributed by atoms with Gasteiger partial charge in [-0.3, -0.25) is 19.1 Å². The topological polar surface area (TPSA) is 94.5 Å². The van der Waals surface area contributed by atoms with Crippen molar-refractivity contribution in [3.8, 4) is 0 Å². The van der Waals surface area contributed by atoms with E-state index in [2.05, 4.69) is 27.0 Å². The highest BCUT2D eigenvalue weighted by molar-refractivity contribution is 5.80. The lowest BCUT2D eigenvalue weighted by atomic mass is 9.79. The van der Waals surface area contributed by atoms with Crippen molar-refractivity contribution in [3.05, 3.63) is 100 Å². The molecule has 4 heterocycles. The van der Waals surface area contributed by atoms with Gasteiger partial charge in [-0.05, 0) is 55.1 Å². The van der Waals surface area contributed by atoms with Gasteiger partial charge in [-0.25, -0.2) is 9.37 Å². The molecule has 208 valence electrons. The van der Waals surface area contributed by atoms with Crippen LogP contribution < -0.4 is 5.56 Å². The predicted molar refractivity (Wildman–Crippen MR) is 150 cm³/mol. The Hall–Kier alpha value is -3.82. The van der Waals surface area contributed by atoms with E-state index in [1.807, 2.05) is 29.2 Å². The number of piperidine rings is 2. The molecule has 9 heteroatoms. The Bertz CT molecular complexity index is 1540. The van der Waals surface area contributed by atoms with Crippen LogP contribution in [0.1, 0.15) is 36.3 Å². The zero-order valence-electron chi connectivity index (χ0n) is 22.4. The van der Waals surface area contributed by atoms with Gasteiger partial charge in [0.2, 0.25) is 5.91 Å². The van der Waals surface area contributed by atoms with E-state index in [1.165, 1.54) is 17.0 Å². The number of carbonyl (C=O) groups is 1. The fraction of sp³-hybridized carbons (Fsp3) is 0.387. The van der Waals surface area contributed by atoms with Gasteiger partial charge >= 0.3 is 0 Å². The molecule has 40 heavy (non-hydrogen) atoms. The number of carbonyl (C=O) groups excluding carboxylic acids is 1. The molecule has 0 radical (unpaired) electrons. The van der Waals surface area contributed by atoms with Crippen LogP contribution in [0.3, 0.4) is 0 Å². The summed E-state index contributed by atoms with van der Waals surface area (Å²) in [4.78, 5) is 38.1. The van der Waals surface area contributed by atoms with Gasteiger partial charge in [-0.2, -0.15) is 0 Å². The number of nitrogens with one attached hydrogen (secondary N) is 1. The minimum Gasteiger partial charge on any atom is -0.388 e. The second kappa shape index (κ2) is 11.0. The average Bonchev–Trinajstić information content (AvgIpc) is 3.45. The van der Waals surface area contributed by atoms with E-state index in [0.29, 0.717) is 56.5 Å². The number of aromatic amines is 1. The van der Waals surface area contributed by atoms with Crippen molar-refractivity contribution in [2.75, 3.05) is 26.2 Å². The fourth-order valence-corrected chi connectivity index (χ4v) is 6.33. The van der Waals surface area contributed by atoms with Crippen LogP contribution in [0.5, 0.6) is 0 Å². The lowest BCUT2D eigenvalue weighted by molar-refractivity contribution is -0.142. The molecule has 0 saturated carbocycles. The van der Waals surface area contributed by atoms with Crippen LogP contribution in [0.4, 0.5) is 4.39 Å². The van der Waals surface area contributed by atoms with Crippen molar-refractivity contribution in [3.63, 3.8) is 0 Å². The van der Waals surface area contributed by atoms with Gasteiger partial charge in [0, 0.05) is 44.2 Å². The van der Waals surface area contributed by atoms with Gasteiger partial charge in [0.15, 0.2) is 0 Å². The first-order valence-corrected chi connectivity index (χ1v) is 13.9. The van der Waals surface area contributed by atoms with Gasteiger partial charge in [-0.15, -0.1) is 0 Å². The minimum atomic E-state index is -1.08. The van der Waals surface area contributed by atoms with E-state index in [4.69, 9.17) is 0 Å². The number of fused-ring (bicyclic) bond motifs is 1. The van der Waals surface area contributed by atoms with Crippen LogP contribution in [0.2, 0.25) is 0 Å². The zero-order chi connectivity index (χ0) is 27.7. The second-order valence-electron chi connectivity index (χ2n) is 11.2. The monoisotopic (exact) mass is 543 g/mol. The molecule has 2 aliphatic heterocycles. The maximum Gasteiger partial charge on any atom is 0.262 e. The molecule has 2 saturated heterocycles. The highest BCUT2D eigenvalue weighted by Crippen LogP contribution is 2.36. The van der Waals surface area contributed by atoms with Gasteiger partial charge in [0.25, 0.3) is 5.56 Å². The lowest BCUT2D eigenvalue weighted by Crippen LogP contribution is -2.53. The Kier molecular flexibility index (Phi) is 7.25. The molecule has 6 rings (SSSR count). The Morgan fingerprint density at radius 2 is 1.88 bits per heavy atom. The number of amides is 1. The van der Waals surface area contributed by atoms with Crippen molar-refractivity contribution in [2.45, 2.75) is 43.9 Å². The van der Waals surface area contributed by atoms with Crippen LogP contribution in [0.15, 0.2) is 78.0 Å². The van der Waals surface area contributed by atoms with E-state index < -0.39 is 5.60 Å². The summed E-state index contributed by atoms with van der Waals surface area (Å²) in [7, 11) is 0. The SMILES string of the molecule is O=C(C1CCN(Cc2cccc(F)c2)CC1c1ccccc1)N1CCC(O)(Cn2cnc3[nH]ccc3c2=O)CC1. The van der Waals surface area contributed by atoms with Crippen molar-refractivity contribution in [1.82, 2.24) is 24.3 Å². The van der Waals surface area contributed by atoms with E-state index in [9.17, 15) is 19.1 Å². The third kappa shape index (κ3) is 5.44. The van der Waals surface area contributed by atoms with Crippen LogP contribution in [-0.4, -0.2) is 67.1 Å². The summed E-state index contributed by atoms with van der Waals surface area (Å²) >= 11 is 0. The standard InChI is InChI=1S/C31H34FN5O3/c32-24-8-4-5-22(17-24)18-35-14-10-25(27(19-35)23-6-2-1-3-7-23)29(38)36-15-11-31(40,12-16-36)20-37-21-34-28-26(30(37)39)9-13-33-28/h1-9,13,17,21,25,27,33,40H,10-12,14-16,18-20H2. The fourth-order valence-electron chi connectivity index (χ4n) is 6.33. The molecule has 0 bridgehead atoms. The molecular weight excluding hydrogens is 509 g/mol. The molecule has 0 spiro atoms. The number of H-pyrrole nitrogens is 1. The van der Waals surface area contributed by atoms with Gasteiger partial charge in [-0.1, -0.05) is 42.5 Å². The number of hydrogen-bond donors (Lipinski definition) is 2. The first-order chi connectivity index (χ1) is 19.4. The molecule has 2 aliphatic rings. The minimum absolute atomic E-state index is 0.0227. The Morgan fingerprint density at radius 3 is 2.65 bits per heavy atom. The highest BCUT2D eigenvalue weighted by atomic mass is 19.1. The van der Waals surface area contributed by atoms with Crippen LogP contribution >= 0.6 is 0 Å². The van der Waals surface area contributed by atoms with Crippen molar-refractivity contribution in [1.29, 1.82) is 0 Å². The predicted octanol–water partition coefficient (Wildman–Crippen LogP) is 3.52. The molecule has 2 aromatic heterocycles. The maximum atomic E-state index is 13.9. The molecule has 2 fully saturated rings. The first-order valence-electron chi connectivity index (χ1n) is 13.9. The number of aromatic nitrogens is 3. The third-order valence-corrected chi connectivity index (χ3v) is 8.55. The summed E-state index contributed by atoms with van der Waals surface area (Å²) in [5.41, 5.74) is 1.32. The number of rotatable bonds is 6. The second-order valence-corrected chi connectivity index (χ2v) is 11.2. The van der Waals surface area contributed by atoms with Crippen LogP contribution in [0, 0.1) is 11.7 Å². The van der Waals surface area contributed by atoms with E-state index in [-0.39, 0.29) is 35.7 Å². The summed E-state index contributed by atoms with van der Waals surface area (Å²) in [6.45, 7) is 3.14. The summed E-state index contributed by atoms with van der Waals surface area (Å²) in [5, 5.41) is 11.8. The van der Waals surface area contributed by atoms with Crippen molar-refractivity contribution in [2.24, 2.45) is 5.92 Å². The largest absolute Gasteiger partial charge is 0.388 e. The quantitative estimate of drug-likeness (QED) is 0.388. The molecule has 0 aliphatic carbocycles. The lowest BCUT2D eigenvalue weighted by Gasteiger charge is -2.43. The average molecular weight is 544 g/mol. The van der Waals surface area contributed by atoms with Crippen molar-refractivity contribution < 1.29 is 14.3 Å². The van der Waals surface area contributed by atoms with Gasteiger partial charge in [0.1, 0.15) is 11.5 Å². The number of hydrogen-bond acceptors (Lipinski definition) is 5. The number of aliphatic hydroxyl groups is 1.